The molecular formula is C29H25F2N3O3. The van der Waals surface area contributed by atoms with Gasteiger partial charge in [-0.05, 0) is 41.0 Å². The maximum absolute atomic E-state index is 14.0. The minimum atomic E-state index is -0.731. The van der Waals surface area contributed by atoms with Crippen molar-refractivity contribution in [3.8, 4) is 16.9 Å². The summed E-state index contributed by atoms with van der Waals surface area (Å²) in [7, 11) is 1.59. The van der Waals surface area contributed by atoms with Crippen LogP contribution in [-0.4, -0.2) is 23.9 Å². The fraction of sp³-hybridized carbons (Fsp3) is 0.138. The molecule has 8 heteroatoms. The highest BCUT2D eigenvalue weighted by molar-refractivity contribution is 6.01. The maximum Gasteiger partial charge on any atom is 0.252 e. The first-order chi connectivity index (χ1) is 17.9. The minimum Gasteiger partial charge on any atom is -0.497 e. The molecule has 6 nitrogen and oxygen atoms in total. The molecule has 0 saturated heterocycles. The third-order valence-corrected chi connectivity index (χ3v) is 5.83. The van der Waals surface area contributed by atoms with Crippen molar-refractivity contribution in [2.75, 3.05) is 7.11 Å². The van der Waals surface area contributed by atoms with Crippen molar-refractivity contribution in [2.24, 2.45) is 0 Å². The highest BCUT2D eigenvalue weighted by atomic mass is 19.1. The number of methoxy groups -OCH3 is 1. The Kier molecular flexibility index (Phi) is 8.20. The van der Waals surface area contributed by atoms with Crippen LogP contribution in [-0.2, 0) is 24.3 Å². The minimum absolute atomic E-state index is 0.101. The summed E-state index contributed by atoms with van der Waals surface area (Å²) in [5.74, 6) is -1.27. The average Bonchev–Trinajstić information content (AvgIpc) is 2.92. The zero-order valence-corrected chi connectivity index (χ0v) is 20.1. The SMILES string of the molecule is COc1ccc(CC(=O)NCc2ccccc2-c2cnccc2C(=O)NCc2ccc(F)cc2F)cc1. The quantitative estimate of drug-likeness (QED) is 0.345. The van der Waals surface area contributed by atoms with Gasteiger partial charge in [0.05, 0.1) is 19.1 Å². The van der Waals surface area contributed by atoms with E-state index in [1.165, 1.54) is 12.3 Å². The van der Waals surface area contributed by atoms with Crippen molar-refractivity contribution >= 4 is 11.8 Å². The molecule has 0 fully saturated rings. The molecular weight excluding hydrogens is 476 g/mol. The predicted molar refractivity (Wildman–Crippen MR) is 136 cm³/mol. The van der Waals surface area contributed by atoms with E-state index < -0.39 is 17.5 Å². The molecule has 0 unspecified atom stereocenters. The van der Waals surface area contributed by atoms with E-state index in [2.05, 4.69) is 15.6 Å². The molecule has 1 heterocycles. The van der Waals surface area contributed by atoms with Crippen LogP contribution in [0, 0.1) is 11.6 Å². The summed E-state index contributed by atoms with van der Waals surface area (Å²) in [5.41, 5.74) is 3.48. The van der Waals surface area contributed by atoms with Gasteiger partial charge in [0.2, 0.25) is 5.91 Å². The van der Waals surface area contributed by atoms with Gasteiger partial charge in [0.15, 0.2) is 0 Å². The number of amides is 2. The third kappa shape index (κ3) is 6.55. The zero-order valence-electron chi connectivity index (χ0n) is 20.1. The molecule has 3 aromatic carbocycles. The molecule has 0 spiro atoms. The Bertz CT molecular complexity index is 1410. The lowest BCUT2D eigenvalue weighted by Crippen LogP contribution is -2.25. The second-order valence-electron chi connectivity index (χ2n) is 8.30. The van der Waals surface area contributed by atoms with Gasteiger partial charge >= 0.3 is 0 Å². The molecule has 0 saturated carbocycles. The second-order valence-corrected chi connectivity index (χ2v) is 8.30. The molecule has 2 N–H and O–H groups in total. The summed E-state index contributed by atoms with van der Waals surface area (Å²) >= 11 is 0. The Labute approximate surface area is 213 Å². The summed E-state index contributed by atoms with van der Waals surface area (Å²) in [4.78, 5) is 29.7. The lowest BCUT2D eigenvalue weighted by atomic mass is 9.96. The number of halogens is 2. The molecule has 0 aliphatic carbocycles. The van der Waals surface area contributed by atoms with E-state index in [1.54, 1.807) is 31.5 Å². The number of nitrogens with zero attached hydrogens (tertiary/aromatic N) is 1. The molecule has 188 valence electrons. The van der Waals surface area contributed by atoms with E-state index in [4.69, 9.17) is 4.74 Å². The van der Waals surface area contributed by atoms with Crippen molar-refractivity contribution in [1.29, 1.82) is 0 Å². The van der Waals surface area contributed by atoms with Gasteiger partial charge in [-0.25, -0.2) is 8.78 Å². The summed E-state index contributed by atoms with van der Waals surface area (Å²) in [6.45, 7) is 0.150. The summed E-state index contributed by atoms with van der Waals surface area (Å²) < 4.78 is 32.3. The van der Waals surface area contributed by atoms with Crippen molar-refractivity contribution < 1.29 is 23.1 Å². The Morgan fingerprint density at radius 3 is 2.38 bits per heavy atom. The Hall–Kier alpha value is -4.59. The van der Waals surface area contributed by atoms with Crippen LogP contribution in [0.5, 0.6) is 5.75 Å². The van der Waals surface area contributed by atoms with Crippen LogP contribution < -0.4 is 15.4 Å². The number of carbonyl (C=O) groups excluding carboxylic acids is 2. The number of rotatable bonds is 9. The van der Waals surface area contributed by atoms with Gasteiger partial charge in [-0.2, -0.15) is 0 Å². The standard InChI is InChI=1S/C29H25F2N3O3/c1-37-23-10-6-19(7-11-23)14-28(35)33-16-20-4-2-3-5-24(20)26-18-32-13-12-25(26)29(36)34-17-21-8-9-22(30)15-27(21)31/h2-13,15,18H,14,16-17H2,1H3,(H,33,35)(H,34,36). The topological polar surface area (TPSA) is 80.3 Å². The van der Waals surface area contributed by atoms with Crippen LogP contribution in [0.4, 0.5) is 8.78 Å². The normalized spacial score (nSPS) is 10.6. The van der Waals surface area contributed by atoms with Crippen molar-refractivity contribution in [3.05, 3.63) is 119 Å². The van der Waals surface area contributed by atoms with Gasteiger partial charge in [-0.3, -0.25) is 14.6 Å². The molecule has 0 bridgehead atoms. The van der Waals surface area contributed by atoms with Crippen LogP contribution in [0.1, 0.15) is 27.0 Å². The van der Waals surface area contributed by atoms with Crippen molar-refractivity contribution in [1.82, 2.24) is 15.6 Å². The van der Waals surface area contributed by atoms with Gasteiger partial charge in [0.1, 0.15) is 17.4 Å². The molecule has 1 aromatic heterocycles. The Balaban J connectivity index is 1.47. The number of hydrogen-bond donors (Lipinski definition) is 2. The molecule has 0 aliphatic rings. The first kappa shape index (κ1) is 25.5. The van der Waals surface area contributed by atoms with E-state index in [0.717, 1.165) is 34.6 Å². The fourth-order valence-corrected chi connectivity index (χ4v) is 3.87. The molecule has 2 amide bonds. The largest absolute Gasteiger partial charge is 0.497 e. The van der Waals surface area contributed by atoms with E-state index in [-0.39, 0.29) is 31.0 Å². The highest BCUT2D eigenvalue weighted by Gasteiger charge is 2.16. The first-order valence-corrected chi connectivity index (χ1v) is 11.6. The Morgan fingerprint density at radius 1 is 0.865 bits per heavy atom. The van der Waals surface area contributed by atoms with Crippen molar-refractivity contribution in [2.45, 2.75) is 19.5 Å². The summed E-state index contributed by atoms with van der Waals surface area (Å²) in [6.07, 6.45) is 3.29. The first-order valence-electron chi connectivity index (χ1n) is 11.6. The average molecular weight is 502 g/mol. The predicted octanol–water partition coefficient (Wildman–Crippen LogP) is 4.82. The van der Waals surface area contributed by atoms with Crippen LogP contribution in [0.25, 0.3) is 11.1 Å². The zero-order chi connectivity index (χ0) is 26.2. The van der Waals surface area contributed by atoms with Crippen LogP contribution in [0.15, 0.2) is 85.2 Å². The van der Waals surface area contributed by atoms with E-state index in [1.807, 2.05) is 36.4 Å². The van der Waals surface area contributed by atoms with Gasteiger partial charge in [0, 0.05) is 42.7 Å². The molecule has 4 rings (SSSR count). The van der Waals surface area contributed by atoms with Crippen LogP contribution >= 0.6 is 0 Å². The molecule has 4 aromatic rings. The van der Waals surface area contributed by atoms with Gasteiger partial charge in [0.25, 0.3) is 5.91 Å². The maximum atomic E-state index is 14.0. The number of ether oxygens (including phenoxy) is 1. The molecule has 37 heavy (non-hydrogen) atoms. The van der Waals surface area contributed by atoms with Gasteiger partial charge in [-0.1, -0.05) is 42.5 Å². The highest BCUT2D eigenvalue weighted by Crippen LogP contribution is 2.27. The second kappa shape index (κ2) is 11.9. The lowest BCUT2D eigenvalue weighted by molar-refractivity contribution is -0.120. The number of hydrogen-bond acceptors (Lipinski definition) is 4. The van der Waals surface area contributed by atoms with E-state index in [9.17, 15) is 18.4 Å². The van der Waals surface area contributed by atoms with Gasteiger partial charge in [-0.15, -0.1) is 0 Å². The monoisotopic (exact) mass is 501 g/mol. The molecule has 0 atom stereocenters. The lowest BCUT2D eigenvalue weighted by Gasteiger charge is -2.14. The smallest absolute Gasteiger partial charge is 0.252 e. The summed E-state index contributed by atoms with van der Waals surface area (Å²) in [5, 5.41) is 5.61. The Morgan fingerprint density at radius 2 is 1.62 bits per heavy atom. The number of aromatic nitrogens is 1. The van der Waals surface area contributed by atoms with Crippen LogP contribution in [0.2, 0.25) is 0 Å². The summed E-state index contributed by atoms with van der Waals surface area (Å²) in [6, 6.07) is 19.5. The molecule has 0 radical (unpaired) electrons. The number of benzene rings is 3. The number of pyridine rings is 1. The van der Waals surface area contributed by atoms with Gasteiger partial charge < -0.3 is 15.4 Å². The van der Waals surface area contributed by atoms with E-state index in [0.29, 0.717) is 11.1 Å². The number of carbonyl (C=O) groups is 2. The number of nitrogens with one attached hydrogen (secondary N) is 2. The third-order valence-electron chi connectivity index (χ3n) is 5.83. The van der Waals surface area contributed by atoms with Crippen molar-refractivity contribution in [3.63, 3.8) is 0 Å². The fourth-order valence-electron chi connectivity index (χ4n) is 3.87. The molecule has 0 aliphatic heterocycles. The van der Waals surface area contributed by atoms with E-state index >= 15 is 0 Å². The van der Waals surface area contributed by atoms with Crippen LogP contribution in [0.3, 0.4) is 0 Å².